The van der Waals surface area contributed by atoms with E-state index in [4.69, 9.17) is 9.16 Å². The predicted molar refractivity (Wildman–Crippen MR) is 115 cm³/mol. The lowest BCUT2D eigenvalue weighted by atomic mass is 10.0. The largest absolute Gasteiger partial charge is 0.412 e. The summed E-state index contributed by atoms with van der Waals surface area (Å²) in [6.07, 6.45) is 2.90. The number of benzene rings is 2. The molecule has 28 heavy (non-hydrogen) atoms. The highest BCUT2D eigenvalue weighted by molar-refractivity contribution is 6.58. The number of ether oxygens (including phenoxy) is 1. The molecule has 1 aliphatic heterocycles. The molecule has 0 bridgehead atoms. The Hall–Kier alpha value is -1.75. The molecule has 2 atom stereocenters. The summed E-state index contributed by atoms with van der Waals surface area (Å²) in [4.78, 5) is 11.0. The first kappa shape index (κ1) is 21.0. The van der Waals surface area contributed by atoms with Crippen molar-refractivity contribution in [3.63, 3.8) is 0 Å². The van der Waals surface area contributed by atoms with Crippen molar-refractivity contribution in [3.05, 3.63) is 71.8 Å². The fourth-order valence-electron chi connectivity index (χ4n) is 3.77. The molecule has 1 saturated heterocycles. The van der Waals surface area contributed by atoms with Gasteiger partial charge < -0.3 is 14.0 Å². The molecule has 0 amide bonds. The van der Waals surface area contributed by atoms with Crippen LogP contribution in [0.3, 0.4) is 0 Å². The minimum atomic E-state index is -1.27. The Morgan fingerprint density at radius 1 is 1.04 bits per heavy atom. The van der Waals surface area contributed by atoms with Crippen LogP contribution in [0.4, 0.5) is 0 Å². The second kappa shape index (κ2) is 9.64. The Kier molecular flexibility index (Phi) is 7.22. The van der Waals surface area contributed by atoms with Gasteiger partial charge in [-0.25, -0.2) is 0 Å². The van der Waals surface area contributed by atoms with Gasteiger partial charge in [-0.05, 0) is 29.0 Å². The zero-order valence-electron chi connectivity index (χ0n) is 17.1. The number of carbonyl (C=O) groups excluding carboxylic acids is 1. The normalized spacial score (nSPS) is 20.5. The van der Waals surface area contributed by atoms with Gasteiger partial charge in [0.05, 0.1) is 19.3 Å². The molecule has 1 fully saturated rings. The van der Waals surface area contributed by atoms with E-state index in [0.717, 1.165) is 19.1 Å². The van der Waals surface area contributed by atoms with Gasteiger partial charge in [0.1, 0.15) is 6.29 Å². The molecule has 0 aromatic heterocycles. The summed E-state index contributed by atoms with van der Waals surface area (Å²) in [5.41, 5.74) is 2.87. The van der Waals surface area contributed by atoms with Crippen LogP contribution in [0, 0.1) is 5.92 Å². The molecule has 2 aromatic carbocycles. The highest BCUT2D eigenvalue weighted by atomic mass is 28.3. The van der Waals surface area contributed by atoms with Crippen molar-refractivity contribution in [2.75, 3.05) is 13.2 Å². The average molecular weight is 396 g/mol. The summed E-state index contributed by atoms with van der Waals surface area (Å²) in [5, 5.41) is 0.0566. The van der Waals surface area contributed by atoms with Crippen molar-refractivity contribution < 1.29 is 14.0 Å². The molecule has 2 aromatic rings. The number of hydrogen-bond acceptors (Lipinski definition) is 3. The van der Waals surface area contributed by atoms with E-state index in [2.05, 4.69) is 81.4 Å². The Bertz CT molecular complexity index is 679. The molecular formula is C24H31O3Si. The molecule has 149 valence electrons. The van der Waals surface area contributed by atoms with E-state index in [1.807, 2.05) is 0 Å². The zero-order valence-corrected chi connectivity index (χ0v) is 18.1. The fraction of sp³-hybridized carbons (Fsp3) is 0.458. The molecule has 0 N–H and O–H groups in total. The van der Waals surface area contributed by atoms with E-state index in [1.54, 1.807) is 0 Å². The molecule has 1 radical (unpaired) electrons. The molecule has 1 aliphatic rings. The van der Waals surface area contributed by atoms with Crippen molar-refractivity contribution in [1.29, 1.82) is 0 Å². The first-order valence-corrected chi connectivity index (χ1v) is 11.6. The van der Waals surface area contributed by atoms with Gasteiger partial charge in [-0.15, -0.1) is 0 Å². The minimum Gasteiger partial charge on any atom is -0.412 e. The smallest absolute Gasteiger partial charge is 0.229 e. The number of carbonyl (C=O) groups is 1. The third-order valence-corrected chi connectivity index (χ3v) is 8.44. The van der Waals surface area contributed by atoms with Crippen molar-refractivity contribution in [3.8, 4) is 0 Å². The number of hydrogen-bond donors (Lipinski definition) is 0. The summed E-state index contributed by atoms with van der Waals surface area (Å²) in [6.45, 7) is 7.97. The summed E-state index contributed by atoms with van der Waals surface area (Å²) in [6, 6.07) is 21.4. The van der Waals surface area contributed by atoms with Gasteiger partial charge in [0.25, 0.3) is 0 Å². The van der Waals surface area contributed by atoms with Crippen molar-refractivity contribution in [1.82, 2.24) is 0 Å². The molecule has 0 spiro atoms. The first-order valence-electron chi connectivity index (χ1n) is 10.2. The third kappa shape index (κ3) is 5.40. The molecular weight excluding hydrogens is 364 g/mol. The van der Waals surface area contributed by atoms with Crippen molar-refractivity contribution in [2.24, 2.45) is 5.92 Å². The van der Waals surface area contributed by atoms with Gasteiger partial charge in [-0.1, -0.05) is 81.4 Å². The fourth-order valence-corrected chi connectivity index (χ4v) is 6.59. The number of aldehydes is 1. The zero-order chi connectivity index (χ0) is 20.0. The lowest BCUT2D eigenvalue weighted by molar-refractivity contribution is -0.118. The lowest BCUT2D eigenvalue weighted by Gasteiger charge is -2.37. The Morgan fingerprint density at radius 3 is 2.04 bits per heavy atom. The van der Waals surface area contributed by atoms with E-state index in [9.17, 15) is 4.79 Å². The molecule has 4 heteroatoms. The summed E-state index contributed by atoms with van der Waals surface area (Å²) < 4.78 is 12.6. The maximum atomic E-state index is 11.0. The van der Waals surface area contributed by atoms with Crippen LogP contribution in [-0.4, -0.2) is 34.6 Å². The van der Waals surface area contributed by atoms with Gasteiger partial charge in [-0.2, -0.15) is 0 Å². The van der Waals surface area contributed by atoms with Crippen molar-refractivity contribution >= 4 is 15.3 Å². The third-order valence-electron chi connectivity index (χ3n) is 5.29. The molecule has 3 nitrogen and oxygen atoms in total. The van der Waals surface area contributed by atoms with Crippen LogP contribution in [0.5, 0.6) is 0 Å². The van der Waals surface area contributed by atoms with Crippen LogP contribution >= 0.6 is 0 Å². The highest BCUT2D eigenvalue weighted by Crippen LogP contribution is 2.40. The second-order valence-electron chi connectivity index (χ2n) is 8.61. The van der Waals surface area contributed by atoms with Crippen LogP contribution < -0.4 is 0 Å². The highest BCUT2D eigenvalue weighted by Gasteiger charge is 2.39. The maximum absolute atomic E-state index is 11.0. The van der Waals surface area contributed by atoms with Crippen LogP contribution in [0.25, 0.3) is 0 Å². The SMILES string of the molecule is CC(C)(C)[Si](OCC1CCC(C=O)CO1)C(c1ccccc1)c1ccccc1. The Morgan fingerprint density at radius 2 is 1.61 bits per heavy atom. The predicted octanol–water partition coefficient (Wildman–Crippen LogP) is 5.16. The van der Waals surface area contributed by atoms with Gasteiger partial charge in [0, 0.05) is 11.5 Å². The average Bonchev–Trinajstić information content (AvgIpc) is 2.72. The molecule has 1 heterocycles. The Balaban J connectivity index is 1.82. The van der Waals surface area contributed by atoms with E-state index in [-0.39, 0.29) is 22.6 Å². The van der Waals surface area contributed by atoms with Crippen LogP contribution in [-0.2, 0) is 14.0 Å². The molecule has 0 aliphatic carbocycles. The maximum Gasteiger partial charge on any atom is 0.229 e. The van der Waals surface area contributed by atoms with E-state index >= 15 is 0 Å². The lowest BCUT2D eigenvalue weighted by Crippen LogP contribution is -2.40. The monoisotopic (exact) mass is 395 g/mol. The molecule has 3 rings (SSSR count). The topological polar surface area (TPSA) is 35.5 Å². The van der Waals surface area contributed by atoms with Crippen LogP contribution in [0.1, 0.15) is 50.3 Å². The van der Waals surface area contributed by atoms with Gasteiger partial charge in [0.15, 0.2) is 0 Å². The second-order valence-corrected chi connectivity index (χ2v) is 11.7. The van der Waals surface area contributed by atoms with E-state index in [1.165, 1.54) is 11.1 Å². The quantitative estimate of drug-likeness (QED) is 0.480. The van der Waals surface area contributed by atoms with E-state index < -0.39 is 9.04 Å². The first-order chi connectivity index (χ1) is 13.5. The van der Waals surface area contributed by atoms with Gasteiger partial charge in [-0.3, -0.25) is 0 Å². The molecule has 2 unspecified atom stereocenters. The standard InChI is InChI=1S/C24H31O3Si/c1-24(2,3)28(27-18-22-15-14-19(16-25)17-26-22)23(20-10-6-4-7-11-20)21-12-8-5-9-13-21/h4-13,16,19,22-23H,14-15,17-18H2,1-3H3. The van der Waals surface area contributed by atoms with Gasteiger partial charge >= 0.3 is 0 Å². The van der Waals surface area contributed by atoms with E-state index in [0.29, 0.717) is 13.2 Å². The van der Waals surface area contributed by atoms with Crippen LogP contribution in [0.15, 0.2) is 60.7 Å². The summed E-state index contributed by atoms with van der Waals surface area (Å²) >= 11 is 0. The minimum absolute atomic E-state index is 0.0463. The Labute approximate surface area is 170 Å². The van der Waals surface area contributed by atoms with Crippen molar-refractivity contribution in [2.45, 2.75) is 50.3 Å². The van der Waals surface area contributed by atoms with Gasteiger partial charge in [0.2, 0.25) is 9.04 Å². The molecule has 0 saturated carbocycles. The van der Waals surface area contributed by atoms with Crippen LogP contribution in [0.2, 0.25) is 5.04 Å². The summed E-state index contributed by atoms with van der Waals surface area (Å²) in [7, 11) is -1.27. The summed E-state index contributed by atoms with van der Waals surface area (Å²) in [5.74, 6) is 0.0463. The number of rotatable bonds is 7.